The van der Waals surface area contributed by atoms with Gasteiger partial charge in [-0.3, -0.25) is 0 Å². The molecule has 1 fully saturated rings. The fraction of sp³-hybridized carbons (Fsp3) is 0.857. The van der Waals surface area contributed by atoms with Crippen molar-refractivity contribution in [3.8, 4) is 0 Å². The largest absolute Gasteiger partial charge is 0.455 e. The molecule has 0 radical (unpaired) electrons. The smallest absolute Gasteiger partial charge is 0.332 e. The third kappa shape index (κ3) is 2.44. The van der Waals surface area contributed by atoms with Gasteiger partial charge in [-0.05, 0) is 0 Å². The van der Waals surface area contributed by atoms with Gasteiger partial charge in [-0.25, -0.2) is 4.79 Å². The fourth-order valence-electron chi connectivity index (χ4n) is 0.957. The van der Waals surface area contributed by atoms with E-state index in [-0.39, 0.29) is 19.8 Å². The molecule has 1 saturated heterocycles. The van der Waals surface area contributed by atoms with Crippen LogP contribution >= 0.6 is 0 Å². The summed E-state index contributed by atoms with van der Waals surface area (Å²) in [4.78, 5) is 10.8. The van der Waals surface area contributed by atoms with Crippen LogP contribution in [0.1, 0.15) is 0 Å². The van der Waals surface area contributed by atoms with E-state index in [4.69, 9.17) is 14.6 Å². The maximum Gasteiger partial charge on any atom is 0.332 e. The van der Waals surface area contributed by atoms with Gasteiger partial charge in [0.15, 0.2) is 6.10 Å². The van der Waals surface area contributed by atoms with Crippen LogP contribution in [0, 0.1) is 0 Å². The summed E-state index contributed by atoms with van der Waals surface area (Å²) in [5.41, 5.74) is 0. The summed E-state index contributed by atoms with van der Waals surface area (Å²) >= 11 is 0. The minimum absolute atomic E-state index is 0.0940. The second kappa shape index (κ2) is 4.39. The number of hydrogen-bond donors (Lipinski definition) is 1. The Morgan fingerprint density at radius 1 is 1.67 bits per heavy atom. The molecular weight excluding hydrogens is 164 g/mol. The Morgan fingerprint density at radius 3 is 2.92 bits per heavy atom. The van der Waals surface area contributed by atoms with Gasteiger partial charge in [0.2, 0.25) is 0 Å². The number of hydrogen-bond acceptors (Lipinski definition) is 5. The summed E-state index contributed by atoms with van der Waals surface area (Å²) in [6.07, 6.45) is -1.24. The van der Waals surface area contributed by atoms with Gasteiger partial charge in [0.1, 0.15) is 12.7 Å². The first kappa shape index (κ1) is 9.44. The predicted molar refractivity (Wildman–Crippen MR) is 38.6 cm³/mol. The Bertz CT molecular complexity index is 158. The molecule has 2 atom stereocenters. The summed E-state index contributed by atoms with van der Waals surface area (Å²) < 4.78 is 14.3. The zero-order chi connectivity index (χ0) is 8.97. The Morgan fingerprint density at radius 2 is 2.42 bits per heavy atom. The number of methoxy groups -OCH3 is 1. The van der Waals surface area contributed by atoms with Gasteiger partial charge in [0, 0.05) is 7.11 Å². The standard InChI is InChI=1S/C7H12O5/c1-10-4-7(9)12-6-3-11-2-5(6)8/h5-6,8H,2-4H2,1H3. The number of carbonyl (C=O) groups excluding carboxylic acids is 1. The normalized spacial score (nSPS) is 28.8. The summed E-state index contributed by atoms with van der Waals surface area (Å²) in [6, 6.07) is 0. The molecule has 5 nitrogen and oxygen atoms in total. The van der Waals surface area contributed by atoms with Crippen molar-refractivity contribution in [3.63, 3.8) is 0 Å². The quantitative estimate of drug-likeness (QED) is 0.555. The lowest BCUT2D eigenvalue weighted by molar-refractivity contribution is -0.156. The van der Waals surface area contributed by atoms with Gasteiger partial charge in [-0.15, -0.1) is 0 Å². The van der Waals surface area contributed by atoms with Crippen LogP contribution in [-0.4, -0.2) is 50.2 Å². The lowest BCUT2D eigenvalue weighted by atomic mass is 10.3. The van der Waals surface area contributed by atoms with Crippen molar-refractivity contribution in [1.82, 2.24) is 0 Å². The van der Waals surface area contributed by atoms with Crippen LogP contribution < -0.4 is 0 Å². The van der Waals surface area contributed by atoms with E-state index >= 15 is 0 Å². The van der Waals surface area contributed by atoms with Crippen LogP contribution in [0.3, 0.4) is 0 Å². The Balaban J connectivity index is 2.25. The van der Waals surface area contributed by atoms with Gasteiger partial charge in [0.25, 0.3) is 0 Å². The molecule has 1 N–H and O–H groups in total. The molecule has 1 aliphatic heterocycles. The number of carbonyl (C=O) groups is 1. The van der Waals surface area contributed by atoms with Crippen LogP contribution in [-0.2, 0) is 19.0 Å². The topological polar surface area (TPSA) is 65.0 Å². The highest BCUT2D eigenvalue weighted by Crippen LogP contribution is 2.09. The first-order valence-corrected chi connectivity index (χ1v) is 3.68. The minimum atomic E-state index is -0.703. The lowest BCUT2D eigenvalue weighted by Crippen LogP contribution is -2.30. The summed E-state index contributed by atoms with van der Waals surface area (Å²) in [5, 5.41) is 9.16. The van der Waals surface area contributed by atoms with Crippen molar-refractivity contribution in [2.45, 2.75) is 12.2 Å². The number of aliphatic hydroxyl groups is 1. The highest BCUT2D eigenvalue weighted by Gasteiger charge is 2.29. The molecule has 1 heterocycles. The first-order valence-electron chi connectivity index (χ1n) is 3.68. The van der Waals surface area contributed by atoms with Gasteiger partial charge in [-0.2, -0.15) is 0 Å². The zero-order valence-corrected chi connectivity index (χ0v) is 6.86. The fourth-order valence-corrected chi connectivity index (χ4v) is 0.957. The summed E-state index contributed by atoms with van der Waals surface area (Å²) in [7, 11) is 1.41. The van der Waals surface area contributed by atoms with E-state index in [1.54, 1.807) is 0 Å². The second-order valence-electron chi connectivity index (χ2n) is 2.57. The van der Waals surface area contributed by atoms with Crippen molar-refractivity contribution >= 4 is 5.97 Å². The minimum Gasteiger partial charge on any atom is -0.455 e. The molecule has 70 valence electrons. The number of ether oxygens (including phenoxy) is 3. The van der Waals surface area contributed by atoms with E-state index in [9.17, 15) is 4.79 Å². The highest BCUT2D eigenvalue weighted by atomic mass is 16.6. The Hall–Kier alpha value is -0.650. The van der Waals surface area contributed by atoms with Crippen molar-refractivity contribution in [2.75, 3.05) is 26.9 Å². The number of aliphatic hydroxyl groups excluding tert-OH is 1. The van der Waals surface area contributed by atoms with Crippen molar-refractivity contribution in [2.24, 2.45) is 0 Å². The average Bonchev–Trinajstić information content (AvgIpc) is 2.37. The van der Waals surface area contributed by atoms with Gasteiger partial charge < -0.3 is 19.3 Å². The zero-order valence-electron chi connectivity index (χ0n) is 6.86. The molecular formula is C7H12O5. The Labute approximate surface area is 70.2 Å². The van der Waals surface area contributed by atoms with Gasteiger partial charge in [0.05, 0.1) is 13.2 Å². The van der Waals surface area contributed by atoms with E-state index in [2.05, 4.69) is 4.74 Å². The molecule has 5 heteroatoms. The molecule has 0 amide bonds. The monoisotopic (exact) mass is 176 g/mol. The average molecular weight is 176 g/mol. The molecule has 0 aliphatic carbocycles. The van der Waals surface area contributed by atoms with E-state index in [1.165, 1.54) is 7.11 Å². The molecule has 0 saturated carbocycles. The van der Waals surface area contributed by atoms with Crippen molar-refractivity contribution < 1.29 is 24.1 Å². The van der Waals surface area contributed by atoms with Crippen molar-refractivity contribution in [1.29, 1.82) is 0 Å². The maximum atomic E-state index is 10.8. The van der Waals surface area contributed by atoms with E-state index in [0.717, 1.165) is 0 Å². The maximum absolute atomic E-state index is 10.8. The van der Waals surface area contributed by atoms with Crippen LogP contribution in [0.4, 0.5) is 0 Å². The van der Waals surface area contributed by atoms with E-state index in [0.29, 0.717) is 0 Å². The molecule has 1 rings (SSSR count). The lowest BCUT2D eigenvalue weighted by Gasteiger charge is -2.12. The molecule has 0 aromatic rings. The third-order valence-electron chi connectivity index (χ3n) is 1.54. The molecule has 1 aliphatic rings. The van der Waals surface area contributed by atoms with Gasteiger partial charge >= 0.3 is 5.97 Å². The highest BCUT2D eigenvalue weighted by molar-refractivity contribution is 5.70. The first-order chi connectivity index (χ1) is 5.74. The predicted octanol–water partition coefficient (Wildman–Crippen LogP) is -1.06. The SMILES string of the molecule is COCC(=O)OC1COCC1O. The van der Waals surface area contributed by atoms with E-state index < -0.39 is 18.2 Å². The second-order valence-corrected chi connectivity index (χ2v) is 2.57. The van der Waals surface area contributed by atoms with Crippen LogP contribution in [0.5, 0.6) is 0 Å². The van der Waals surface area contributed by atoms with Crippen molar-refractivity contribution in [3.05, 3.63) is 0 Å². The number of rotatable bonds is 3. The molecule has 12 heavy (non-hydrogen) atoms. The van der Waals surface area contributed by atoms with Gasteiger partial charge in [-0.1, -0.05) is 0 Å². The molecule has 0 aromatic heterocycles. The Kier molecular flexibility index (Phi) is 3.46. The van der Waals surface area contributed by atoms with Crippen LogP contribution in [0.25, 0.3) is 0 Å². The molecule has 2 unspecified atom stereocenters. The third-order valence-corrected chi connectivity index (χ3v) is 1.54. The molecule has 0 spiro atoms. The van der Waals surface area contributed by atoms with E-state index in [1.807, 2.05) is 0 Å². The molecule has 0 bridgehead atoms. The molecule has 0 aromatic carbocycles. The number of esters is 1. The van der Waals surface area contributed by atoms with Crippen LogP contribution in [0.2, 0.25) is 0 Å². The summed E-state index contributed by atoms with van der Waals surface area (Å²) in [6.45, 7) is 0.394. The summed E-state index contributed by atoms with van der Waals surface area (Å²) in [5.74, 6) is -0.480. The van der Waals surface area contributed by atoms with Crippen LogP contribution in [0.15, 0.2) is 0 Å².